The van der Waals surface area contributed by atoms with Gasteiger partial charge in [0, 0.05) is 51.3 Å². The maximum Gasteiger partial charge on any atom is 0.258 e. The van der Waals surface area contributed by atoms with Crippen molar-refractivity contribution in [2.45, 2.75) is 19.4 Å². The fraction of sp³-hybridized carbons (Fsp3) is 0.348. The number of benzene rings is 2. The van der Waals surface area contributed by atoms with Gasteiger partial charge in [-0.15, -0.1) is 0 Å². The smallest absolute Gasteiger partial charge is 0.258 e. The number of carbonyl (C=O) groups excluding carboxylic acids is 1. The van der Waals surface area contributed by atoms with Crippen molar-refractivity contribution in [3.05, 3.63) is 70.3 Å². The zero-order valence-electron chi connectivity index (χ0n) is 17.2. The maximum absolute atomic E-state index is 12.4. The second-order valence-corrected chi connectivity index (χ2v) is 7.73. The van der Waals surface area contributed by atoms with E-state index in [2.05, 4.69) is 44.3 Å². The molecule has 0 atom stereocenters. The Balaban J connectivity index is 1.35. The molecule has 0 unspecified atom stereocenters. The van der Waals surface area contributed by atoms with Crippen LogP contribution in [-0.4, -0.2) is 54.0 Å². The van der Waals surface area contributed by atoms with Crippen molar-refractivity contribution in [3.8, 4) is 0 Å². The molecule has 1 aliphatic heterocycles. The summed E-state index contributed by atoms with van der Waals surface area (Å²) in [5.74, 6) is 0.477. The summed E-state index contributed by atoms with van der Waals surface area (Å²) in [4.78, 5) is 36.5. The molecule has 0 radical (unpaired) electrons. The van der Waals surface area contributed by atoms with Gasteiger partial charge in [-0.25, -0.2) is 4.98 Å². The number of carbonyl (C=O) groups is 1. The molecule has 30 heavy (non-hydrogen) atoms. The topological polar surface area (TPSA) is 81.3 Å². The van der Waals surface area contributed by atoms with Crippen LogP contribution in [0.25, 0.3) is 10.9 Å². The van der Waals surface area contributed by atoms with Crippen LogP contribution in [0.1, 0.15) is 17.8 Å². The van der Waals surface area contributed by atoms with Crippen LogP contribution < -0.4 is 15.8 Å². The number of rotatable bonds is 6. The fourth-order valence-electron chi connectivity index (χ4n) is 3.78. The largest absolute Gasteiger partial charge is 0.369 e. The molecule has 1 amide bonds. The normalized spacial score (nSPS) is 14.8. The van der Waals surface area contributed by atoms with Gasteiger partial charge in [-0.2, -0.15) is 0 Å². The van der Waals surface area contributed by atoms with E-state index in [0.717, 1.165) is 31.7 Å². The van der Waals surface area contributed by atoms with Gasteiger partial charge in [0.1, 0.15) is 5.82 Å². The fourth-order valence-corrected chi connectivity index (χ4v) is 3.78. The lowest BCUT2D eigenvalue weighted by atomic mass is 10.1. The summed E-state index contributed by atoms with van der Waals surface area (Å²) >= 11 is 0. The van der Waals surface area contributed by atoms with Crippen LogP contribution in [0.5, 0.6) is 0 Å². The highest BCUT2D eigenvalue weighted by atomic mass is 16.1. The Labute approximate surface area is 175 Å². The van der Waals surface area contributed by atoms with E-state index < -0.39 is 0 Å². The number of anilines is 1. The highest BCUT2D eigenvalue weighted by molar-refractivity contribution is 5.78. The molecule has 3 aromatic rings. The molecule has 4 rings (SSSR count). The lowest BCUT2D eigenvalue weighted by molar-refractivity contribution is -0.121. The molecule has 0 aliphatic carbocycles. The van der Waals surface area contributed by atoms with E-state index in [0.29, 0.717) is 29.7 Å². The lowest BCUT2D eigenvalue weighted by Crippen LogP contribution is -2.45. The number of aromatic amines is 1. The molecule has 156 valence electrons. The molecule has 2 heterocycles. The Morgan fingerprint density at radius 3 is 2.63 bits per heavy atom. The monoisotopic (exact) mass is 405 g/mol. The molecule has 7 nitrogen and oxygen atoms in total. The number of aryl methyl sites for hydroxylation is 1. The quantitative estimate of drug-likeness (QED) is 0.655. The standard InChI is InChI=1S/C23H27N5O2/c1-27-12-14-28(15-13-27)20-9-5-2-6-17(20)16-24-22(29)11-10-21-25-19-8-4-3-7-18(19)23(30)26-21/h2-9H,10-16H2,1H3,(H,24,29)(H,25,26,30). The molecule has 1 aromatic heterocycles. The predicted molar refractivity (Wildman–Crippen MR) is 119 cm³/mol. The number of nitrogens with zero attached hydrogens (tertiary/aromatic N) is 3. The molecule has 1 aliphatic rings. The Kier molecular flexibility index (Phi) is 6.09. The van der Waals surface area contributed by atoms with E-state index >= 15 is 0 Å². The molecule has 2 N–H and O–H groups in total. The number of aromatic nitrogens is 2. The number of piperazine rings is 1. The first-order valence-electron chi connectivity index (χ1n) is 10.4. The van der Waals surface area contributed by atoms with Gasteiger partial charge >= 0.3 is 0 Å². The van der Waals surface area contributed by atoms with Crippen molar-refractivity contribution in [1.29, 1.82) is 0 Å². The molecule has 1 saturated heterocycles. The summed E-state index contributed by atoms with van der Waals surface area (Å²) in [5, 5.41) is 3.57. The zero-order valence-corrected chi connectivity index (χ0v) is 17.2. The van der Waals surface area contributed by atoms with Crippen molar-refractivity contribution < 1.29 is 4.79 Å². The van der Waals surface area contributed by atoms with Crippen molar-refractivity contribution >= 4 is 22.5 Å². The van der Waals surface area contributed by atoms with Crippen LogP contribution in [0.4, 0.5) is 5.69 Å². The van der Waals surface area contributed by atoms with Crippen LogP contribution in [0.3, 0.4) is 0 Å². The van der Waals surface area contributed by atoms with Crippen LogP contribution in [-0.2, 0) is 17.8 Å². The first-order valence-corrected chi connectivity index (χ1v) is 10.4. The highest BCUT2D eigenvalue weighted by Crippen LogP contribution is 2.21. The van der Waals surface area contributed by atoms with Gasteiger partial charge in [0.25, 0.3) is 5.56 Å². The predicted octanol–water partition coefficient (Wildman–Crippen LogP) is 1.92. The minimum Gasteiger partial charge on any atom is -0.369 e. The SMILES string of the molecule is CN1CCN(c2ccccc2CNC(=O)CCc2nc3ccccc3c(=O)[nH]2)CC1. The Hall–Kier alpha value is -3.19. The van der Waals surface area contributed by atoms with Crippen molar-refractivity contribution in [1.82, 2.24) is 20.2 Å². The van der Waals surface area contributed by atoms with Gasteiger partial charge in [0.2, 0.25) is 5.91 Å². The van der Waals surface area contributed by atoms with E-state index in [1.807, 2.05) is 30.3 Å². The van der Waals surface area contributed by atoms with E-state index in [4.69, 9.17) is 0 Å². The average molecular weight is 406 g/mol. The number of hydrogen-bond donors (Lipinski definition) is 2. The van der Waals surface area contributed by atoms with Crippen LogP contribution in [0.2, 0.25) is 0 Å². The van der Waals surface area contributed by atoms with Crippen LogP contribution >= 0.6 is 0 Å². The molecule has 1 fully saturated rings. The minimum absolute atomic E-state index is 0.0565. The number of amides is 1. The summed E-state index contributed by atoms with van der Waals surface area (Å²) in [7, 11) is 2.14. The average Bonchev–Trinajstić information content (AvgIpc) is 2.77. The molecule has 0 spiro atoms. The summed E-state index contributed by atoms with van der Waals surface area (Å²) in [5.41, 5.74) is 2.79. The maximum atomic E-state index is 12.4. The first kappa shape index (κ1) is 20.1. The molecular formula is C23H27N5O2. The number of H-pyrrole nitrogens is 1. The van der Waals surface area contributed by atoms with E-state index in [1.165, 1.54) is 5.69 Å². The zero-order chi connectivity index (χ0) is 20.9. The third kappa shape index (κ3) is 4.68. The van der Waals surface area contributed by atoms with E-state index in [9.17, 15) is 9.59 Å². The van der Waals surface area contributed by atoms with Crippen LogP contribution in [0, 0.1) is 0 Å². The molecule has 0 saturated carbocycles. The van der Waals surface area contributed by atoms with Gasteiger partial charge < -0.3 is 20.1 Å². The molecule has 7 heteroatoms. The second kappa shape index (κ2) is 9.09. The van der Waals surface area contributed by atoms with Gasteiger partial charge in [-0.1, -0.05) is 30.3 Å². The van der Waals surface area contributed by atoms with Gasteiger partial charge in [-0.3, -0.25) is 9.59 Å². The third-order valence-electron chi connectivity index (χ3n) is 5.56. The van der Waals surface area contributed by atoms with Crippen molar-refractivity contribution in [3.63, 3.8) is 0 Å². The minimum atomic E-state index is -0.169. The number of hydrogen-bond acceptors (Lipinski definition) is 5. The van der Waals surface area contributed by atoms with E-state index in [-0.39, 0.29) is 17.9 Å². The lowest BCUT2D eigenvalue weighted by Gasteiger charge is -2.35. The number of likely N-dealkylation sites (N-methyl/N-ethyl adjacent to an activating group) is 1. The Morgan fingerprint density at radius 2 is 1.80 bits per heavy atom. The third-order valence-corrected chi connectivity index (χ3v) is 5.56. The summed E-state index contributed by atoms with van der Waals surface area (Å²) in [6.45, 7) is 4.54. The number of para-hydroxylation sites is 2. The number of fused-ring (bicyclic) bond motifs is 1. The molecule has 2 aromatic carbocycles. The summed E-state index contributed by atoms with van der Waals surface area (Å²) in [6.07, 6.45) is 0.671. The Morgan fingerprint density at radius 1 is 1.07 bits per heavy atom. The van der Waals surface area contributed by atoms with Gasteiger partial charge in [0.15, 0.2) is 0 Å². The van der Waals surface area contributed by atoms with Crippen LogP contribution in [0.15, 0.2) is 53.3 Å². The number of nitrogens with one attached hydrogen (secondary N) is 2. The van der Waals surface area contributed by atoms with Gasteiger partial charge in [-0.05, 0) is 30.8 Å². The van der Waals surface area contributed by atoms with Crippen molar-refractivity contribution in [2.75, 3.05) is 38.1 Å². The molecule has 0 bridgehead atoms. The first-order chi connectivity index (χ1) is 14.6. The summed E-state index contributed by atoms with van der Waals surface area (Å²) in [6, 6.07) is 15.5. The molecular weight excluding hydrogens is 378 g/mol. The van der Waals surface area contributed by atoms with Crippen molar-refractivity contribution in [2.24, 2.45) is 0 Å². The van der Waals surface area contributed by atoms with Gasteiger partial charge in [0.05, 0.1) is 10.9 Å². The van der Waals surface area contributed by atoms with E-state index in [1.54, 1.807) is 6.07 Å². The Bertz CT molecular complexity index is 1090. The highest BCUT2D eigenvalue weighted by Gasteiger charge is 2.17. The summed E-state index contributed by atoms with van der Waals surface area (Å²) < 4.78 is 0. The second-order valence-electron chi connectivity index (χ2n) is 7.73.